The van der Waals surface area contributed by atoms with E-state index in [1.807, 2.05) is 98.9 Å². The van der Waals surface area contributed by atoms with Gasteiger partial charge in [0, 0.05) is 48.5 Å². The molecule has 0 bridgehead atoms. The molecule has 1 saturated heterocycles. The number of carbonyl (C=O) groups excluding carboxylic acids is 2. The van der Waals surface area contributed by atoms with E-state index in [-0.39, 0.29) is 36.4 Å². The molecule has 3 aliphatic heterocycles. The van der Waals surface area contributed by atoms with Gasteiger partial charge in [-0.3, -0.25) is 19.2 Å². The van der Waals surface area contributed by atoms with Crippen LogP contribution < -0.4 is 19.3 Å². The van der Waals surface area contributed by atoms with Gasteiger partial charge >= 0.3 is 0 Å². The maximum absolute atomic E-state index is 15.1. The maximum atomic E-state index is 15.1. The Kier molecular flexibility index (Phi) is 9.13. The number of anilines is 3. The van der Waals surface area contributed by atoms with Crippen molar-refractivity contribution in [1.29, 1.82) is 0 Å². The number of benzene rings is 4. The molecule has 278 valence electrons. The molecule has 4 atom stereocenters. The fraction of sp³-hybridized carbons (Fsp3) is 0.317. The predicted octanol–water partition coefficient (Wildman–Crippen LogP) is 6.34. The minimum Gasteiger partial charge on any atom is -0.497 e. The van der Waals surface area contributed by atoms with Gasteiger partial charge in [0.15, 0.2) is 19.7 Å². The highest BCUT2D eigenvalue weighted by atomic mass is 28.4. The highest BCUT2D eigenvalue weighted by molar-refractivity contribution is 6.71. The number of aryl methyl sites for hydroxylation is 1. The Morgan fingerprint density at radius 1 is 0.944 bits per heavy atom. The van der Waals surface area contributed by atoms with Gasteiger partial charge in [0.1, 0.15) is 11.5 Å². The summed E-state index contributed by atoms with van der Waals surface area (Å²) in [5.74, 6) is 0.841. The van der Waals surface area contributed by atoms with Gasteiger partial charge in [-0.05, 0) is 79.7 Å². The lowest BCUT2D eigenvalue weighted by Gasteiger charge is -2.32. The van der Waals surface area contributed by atoms with E-state index in [4.69, 9.17) is 14.2 Å². The highest BCUT2D eigenvalue weighted by Gasteiger charge is 2.66. The number of amides is 2. The minimum atomic E-state index is -2.90. The third kappa shape index (κ3) is 5.97. The van der Waals surface area contributed by atoms with Crippen molar-refractivity contribution in [2.24, 2.45) is 5.92 Å². The number of ether oxygens (including phenoxy) is 3. The molecule has 1 aromatic heterocycles. The summed E-state index contributed by atoms with van der Waals surface area (Å²) in [6.45, 7) is 6.48. The first-order valence-electron chi connectivity index (χ1n) is 18.2. The molecule has 5 aromatic rings. The van der Waals surface area contributed by atoms with E-state index in [1.165, 1.54) is 0 Å². The monoisotopic (exact) mass is 745 g/mol. The highest BCUT2D eigenvalue weighted by Crippen LogP contribution is 2.60. The van der Waals surface area contributed by atoms with E-state index in [0.717, 1.165) is 5.56 Å². The van der Waals surface area contributed by atoms with Crippen LogP contribution in [0.15, 0.2) is 97.2 Å². The van der Waals surface area contributed by atoms with Crippen molar-refractivity contribution in [3.8, 4) is 17.2 Å². The molecule has 2 amide bonds. The van der Waals surface area contributed by atoms with Crippen LogP contribution in [0, 0.1) is 5.92 Å². The number of aliphatic hydroxyl groups is 1. The summed E-state index contributed by atoms with van der Waals surface area (Å²) >= 11 is 0. The summed E-state index contributed by atoms with van der Waals surface area (Å²) in [7, 11) is -1.31. The largest absolute Gasteiger partial charge is 0.497 e. The molecule has 0 unspecified atom stereocenters. The van der Waals surface area contributed by atoms with Crippen LogP contribution in [-0.2, 0) is 34.6 Å². The van der Waals surface area contributed by atoms with Gasteiger partial charge in [-0.15, -0.1) is 5.10 Å². The second-order valence-electron chi connectivity index (χ2n) is 14.7. The third-order valence-electron chi connectivity index (χ3n) is 10.9. The van der Waals surface area contributed by atoms with Crippen molar-refractivity contribution in [2.75, 3.05) is 23.5 Å². The predicted molar refractivity (Wildman–Crippen MR) is 205 cm³/mol. The minimum absolute atomic E-state index is 0.0174. The number of carbonyl (C=O) groups is 2. The average Bonchev–Trinajstić information content (AvgIpc) is 3.78. The van der Waals surface area contributed by atoms with Crippen molar-refractivity contribution in [3.05, 3.63) is 120 Å². The van der Waals surface area contributed by atoms with Crippen LogP contribution in [0.1, 0.15) is 40.5 Å². The number of methoxy groups -OCH3 is 1. The molecule has 0 radical (unpaired) electrons. The molecule has 1 spiro atoms. The smallest absolute Gasteiger partial charge is 0.266 e. The zero-order valence-corrected chi connectivity index (χ0v) is 31.7. The van der Waals surface area contributed by atoms with E-state index >= 15 is 4.79 Å². The van der Waals surface area contributed by atoms with Gasteiger partial charge in [-0.25, -0.2) is 0 Å². The number of rotatable bonds is 10. The van der Waals surface area contributed by atoms with Crippen molar-refractivity contribution >= 4 is 37.2 Å². The lowest BCUT2D eigenvalue weighted by molar-refractivity contribution is -0.146. The zero-order chi connectivity index (χ0) is 37.8. The summed E-state index contributed by atoms with van der Waals surface area (Å²) in [6, 6.07) is 27.9. The van der Waals surface area contributed by atoms with Crippen molar-refractivity contribution < 1.29 is 33.7 Å². The Balaban J connectivity index is 1.15. The molecule has 0 aliphatic carbocycles. The number of fused-ring (bicyclic) bond motifs is 4. The van der Waals surface area contributed by atoms with Crippen LogP contribution >= 0.6 is 0 Å². The molecule has 13 heteroatoms. The molecule has 4 aromatic carbocycles. The second kappa shape index (κ2) is 13.8. The molecular weight excluding hydrogens is 703 g/mol. The zero-order valence-electron chi connectivity index (χ0n) is 30.7. The fourth-order valence-electron chi connectivity index (χ4n) is 8.59. The lowest BCUT2D eigenvalue weighted by atomic mass is 9.82. The first-order chi connectivity index (χ1) is 26.0. The van der Waals surface area contributed by atoms with Gasteiger partial charge in [-0.2, -0.15) is 0 Å². The fourth-order valence-corrected chi connectivity index (χ4v) is 11.2. The number of aliphatic hydroxyl groups excluding tert-OH is 1. The molecule has 0 saturated carbocycles. The quantitative estimate of drug-likeness (QED) is 0.157. The normalized spacial score (nSPS) is 21.9. The van der Waals surface area contributed by atoms with Crippen molar-refractivity contribution in [2.45, 2.75) is 63.2 Å². The number of aromatic nitrogens is 3. The standard InChI is InChI=1S/C41H43N5O7Si/c1-26-38(54(3,4)50)37(18-20-44-25-28(19-21-47)42-43-44)53-41(26)32-23-30(51-2)16-17-33(32)45(40(41)49)24-27-10-9-11-29(22-27)46-34-13-6-8-15-36(34)52-35-14-7-5-12-31(35)39(46)48/h5-17,22-23,25-26,37-38,47,50H,18-21,24H2,1-4H3/t26-,37+,38-,41+/m0/s1. The molecule has 12 nitrogen and oxygen atoms in total. The summed E-state index contributed by atoms with van der Waals surface area (Å²) in [5, 5.41) is 17.7. The first kappa shape index (κ1) is 35.7. The van der Waals surface area contributed by atoms with Crippen LogP contribution in [0.4, 0.5) is 17.1 Å². The lowest BCUT2D eigenvalue weighted by Crippen LogP contribution is -2.46. The third-order valence-corrected chi connectivity index (χ3v) is 13.4. The second-order valence-corrected chi connectivity index (χ2v) is 18.7. The molecule has 8 rings (SSSR count). The first-order valence-corrected chi connectivity index (χ1v) is 21.3. The van der Waals surface area contributed by atoms with Crippen LogP contribution in [-0.4, -0.2) is 64.8 Å². The van der Waals surface area contributed by atoms with Gasteiger partial charge in [0.05, 0.1) is 42.4 Å². The number of nitrogens with zero attached hydrogens (tertiary/aromatic N) is 5. The van der Waals surface area contributed by atoms with E-state index in [0.29, 0.717) is 70.5 Å². The Bertz CT molecular complexity index is 2240. The van der Waals surface area contributed by atoms with Gasteiger partial charge < -0.3 is 29.0 Å². The Morgan fingerprint density at radius 2 is 1.72 bits per heavy atom. The number of para-hydroxylation sites is 3. The molecule has 3 aliphatic rings. The van der Waals surface area contributed by atoms with Crippen LogP contribution in [0.25, 0.3) is 0 Å². The van der Waals surface area contributed by atoms with Crippen LogP contribution in [0.3, 0.4) is 0 Å². The van der Waals surface area contributed by atoms with Crippen molar-refractivity contribution in [1.82, 2.24) is 15.0 Å². The number of hydrogen-bond acceptors (Lipinski definition) is 9. The van der Waals surface area contributed by atoms with E-state index in [2.05, 4.69) is 10.3 Å². The molecule has 2 N–H and O–H groups in total. The topological polar surface area (TPSA) is 139 Å². The van der Waals surface area contributed by atoms with E-state index < -0.39 is 20.0 Å². The van der Waals surface area contributed by atoms with Gasteiger partial charge in [0.25, 0.3) is 11.8 Å². The molecule has 1 fully saturated rings. The Morgan fingerprint density at radius 3 is 2.50 bits per heavy atom. The van der Waals surface area contributed by atoms with E-state index in [1.54, 1.807) is 39.9 Å². The molecule has 54 heavy (non-hydrogen) atoms. The summed E-state index contributed by atoms with van der Waals surface area (Å²) < 4.78 is 20.6. The molecular formula is C41H43N5O7Si. The number of hydrogen-bond donors (Lipinski definition) is 2. The van der Waals surface area contributed by atoms with Crippen molar-refractivity contribution in [3.63, 3.8) is 0 Å². The summed E-state index contributed by atoms with van der Waals surface area (Å²) in [6.07, 6.45) is 2.28. The maximum Gasteiger partial charge on any atom is 0.266 e. The van der Waals surface area contributed by atoms with E-state index in [9.17, 15) is 14.7 Å². The Hall–Kier alpha value is -5.34. The van der Waals surface area contributed by atoms with Gasteiger partial charge in [0.2, 0.25) is 0 Å². The SMILES string of the molecule is COc1ccc2c(c1)[C@@]1(O[C@H](CCn3cc(CCO)nn3)[C@@H]([Si](C)(C)O)[C@@H]1C)C(=O)N2Cc1cccc(N2C(=O)c3ccccc3Oc3ccccc32)c1. The summed E-state index contributed by atoms with van der Waals surface area (Å²) in [4.78, 5) is 44.4. The summed E-state index contributed by atoms with van der Waals surface area (Å²) in [5.41, 5.74) is 2.96. The average molecular weight is 746 g/mol. The Labute approximate surface area is 314 Å². The van der Waals surface area contributed by atoms with Crippen LogP contribution in [0.5, 0.6) is 17.2 Å². The van der Waals surface area contributed by atoms with Gasteiger partial charge in [-0.1, -0.05) is 48.5 Å². The van der Waals surface area contributed by atoms with Crippen LogP contribution in [0.2, 0.25) is 18.6 Å². The molecule has 4 heterocycles.